The van der Waals surface area contributed by atoms with Crippen molar-refractivity contribution in [3.05, 3.63) is 65.7 Å². The number of fused-ring (bicyclic) bond motifs is 1. The average Bonchev–Trinajstić information content (AvgIpc) is 3.35. The lowest BCUT2D eigenvalue weighted by Crippen LogP contribution is -2.18. The summed E-state index contributed by atoms with van der Waals surface area (Å²) in [7, 11) is 0. The van der Waals surface area contributed by atoms with Crippen molar-refractivity contribution in [3.63, 3.8) is 0 Å². The molecule has 2 heterocycles. The van der Waals surface area contributed by atoms with Crippen LogP contribution >= 0.6 is 0 Å². The van der Waals surface area contributed by atoms with Gasteiger partial charge in [0.15, 0.2) is 5.69 Å². The first kappa shape index (κ1) is 14.4. The van der Waals surface area contributed by atoms with Crippen LogP contribution in [0, 0.1) is 0 Å². The van der Waals surface area contributed by atoms with Crippen LogP contribution in [0.1, 0.15) is 45.4 Å². The van der Waals surface area contributed by atoms with Gasteiger partial charge in [-0.2, -0.15) is 0 Å². The van der Waals surface area contributed by atoms with E-state index in [9.17, 15) is 9.59 Å². The zero-order valence-electron chi connectivity index (χ0n) is 12.9. The second kappa shape index (κ2) is 5.49. The Bertz CT molecular complexity index is 957. The van der Waals surface area contributed by atoms with Gasteiger partial charge in [0.05, 0.1) is 16.8 Å². The lowest BCUT2D eigenvalue weighted by Gasteiger charge is -2.07. The van der Waals surface area contributed by atoms with E-state index in [2.05, 4.69) is 10.3 Å². The highest BCUT2D eigenvalue weighted by molar-refractivity contribution is 6.10. The van der Waals surface area contributed by atoms with E-state index in [4.69, 9.17) is 5.73 Å². The van der Waals surface area contributed by atoms with Crippen LogP contribution in [0.4, 0.5) is 5.69 Å². The van der Waals surface area contributed by atoms with Gasteiger partial charge in [0, 0.05) is 12.1 Å². The first-order chi connectivity index (χ1) is 11.6. The minimum Gasteiger partial charge on any atom is -0.366 e. The fourth-order valence-corrected chi connectivity index (χ4v) is 2.85. The van der Waals surface area contributed by atoms with Gasteiger partial charge in [-0.15, -0.1) is 0 Å². The highest BCUT2D eigenvalue weighted by atomic mass is 16.2. The molecular formula is C18H16N4O2. The number of imidazole rings is 1. The molecule has 1 saturated carbocycles. The Balaban J connectivity index is 1.73. The van der Waals surface area contributed by atoms with Crippen molar-refractivity contribution in [1.82, 2.24) is 9.38 Å². The first-order valence-electron chi connectivity index (χ1n) is 7.82. The molecule has 0 radical (unpaired) electrons. The van der Waals surface area contributed by atoms with Crippen LogP contribution in [0.5, 0.6) is 0 Å². The van der Waals surface area contributed by atoms with Gasteiger partial charge in [0.2, 0.25) is 0 Å². The predicted molar refractivity (Wildman–Crippen MR) is 90.1 cm³/mol. The number of nitrogens with two attached hydrogens (primary N) is 1. The molecule has 0 atom stereocenters. The standard InChI is InChI=1S/C18H16N4O2/c19-16(23)12-5-1-2-6-13(12)20-18(24)15-14-7-3-4-10-22(14)17(21-15)11-8-9-11/h1-7,10-11H,8-9H2,(H2,19,23)(H,20,24). The second-order valence-corrected chi connectivity index (χ2v) is 5.91. The Morgan fingerprint density at radius 2 is 1.88 bits per heavy atom. The zero-order valence-corrected chi connectivity index (χ0v) is 12.9. The predicted octanol–water partition coefficient (Wildman–Crippen LogP) is 2.56. The minimum atomic E-state index is -0.584. The molecule has 1 aliphatic rings. The normalized spacial score (nSPS) is 13.8. The molecule has 6 nitrogen and oxygen atoms in total. The summed E-state index contributed by atoms with van der Waals surface area (Å²) in [4.78, 5) is 28.8. The van der Waals surface area contributed by atoms with Crippen molar-refractivity contribution in [2.75, 3.05) is 5.32 Å². The summed E-state index contributed by atoms with van der Waals surface area (Å²) >= 11 is 0. The van der Waals surface area contributed by atoms with Crippen LogP contribution in [0.2, 0.25) is 0 Å². The van der Waals surface area contributed by atoms with Crippen molar-refractivity contribution < 1.29 is 9.59 Å². The Morgan fingerprint density at radius 1 is 1.12 bits per heavy atom. The van der Waals surface area contributed by atoms with E-state index < -0.39 is 5.91 Å². The summed E-state index contributed by atoms with van der Waals surface area (Å²) in [5.74, 6) is 0.400. The third-order valence-electron chi connectivity index (χ3n) is 4.17. The number of aromatic nitrogens is 2. The number of benzene rings is 1. The third-order valence-corrected chi connectivity index (χ3v) is 4.17. The number of hydrogen-bond acceptors (Lipinski definition) is 3. The zero-order chi connectivity index (χ0) is 16.7. The maximum atomic E-state index is 12.7. The molecule has 1 aliphatic carbocycles. The van der Waals surface area contributed by atoms with Gasteiger partial charge < -0.3 is 15.5 Å². The largest absolute Gasteiger partial charge is 0.366 e. The number of nitrogens with one attached hydrogen (secondary N) is 1. The number of carbonyl (C=O) groups excluding carboxylic acids is 2. The Labute approximate surface area is 138 Å². The number of amides is 2. The second-order valence-electron chi connectivity index (χ2n) is 5.91. The maximum Gasteiger partial charge on any atom is 0.276 e. The molecule has 0 unspecified atom stereocenters. The number of rotatable bonds is 4. The Morgan fingerprint density at radius 3 is 2.62 bits per heavy atom. The number of primary amides is 1. The van der Waals surface area contributed by atoms with Crippen molar-refractivity contribution in [2.24, 2.45) is 5.73 Å². The number of hydrogen-bond donors (Lipinski definition) is 2. The lowest BCUT2D eigenvalue weighted by molar-refractivity contribution is 0.100. The molecular weight excluding hydrogens is 304 g/mol. The monoisotopic (exact) mass is 320 g/mol. The topological polar surface area (TPSA) is 89.5 Å². The molecule has 2 amide bonds. The molecule has 2 aromatic heterocycles. The van der Waals surface area contributed by atoms with Crippen molar-refractivity contribution in [2.45, 2.75) is 18.8 Å². The quantitative estimate of drug-likeness (QED) is 0.774. The molecule has 120 valence electrons. The number of carbonyl (C=O) groups is 2. The minimum absolute atomic E-state index is 0.275. The first-order valence-corrected chi connectivity index (χ1v) is 7.82. The van der Waals surface area contributed by atoms with Crippen LogP contribution in [0.15, 0.2) is 48.7 Å². The number of para-hydroxylation sites is 1. The Kier molecular flexibility index (Phi) is 3.30. The summed E-state index contributed by atoms with van der Waals surface area (Å²) < 4.78 is 1.96. The lowest BCUT2D eigenvalue weighted by atomic mass is 10.1. The molecule has 6 heteroatoms. The fraction of sp³-hybridized carbons (Fsp3) is 0.167. The molecule has 0 saturated heterocycles. The molecule has 4 rings (SSSR count). The van der Waals surface area contributed by atoms with Crippen LogP contribution in [0.3, 0.4) is 0 Å². The van der Waals surface area contributed by atoms with E-state index in [1.54, 1.807) is 24.3 Å². The summed E-state index contributed by atoms with van der Waals surface area (Å²) in [5, 5.41) is 2.76. The summed E-state index contributed by atoms with van der Waals surface area (Å²) in [6.07, 6.45) is 4.11. The van der Waals surface area contributed by atoms with Crippen LogP contribution in [0.25, 0.3) is 5.52 Å². The number of pyridine rings is 1. The van der Waals surface area contributed by atoms with E-state index >= 15 is 0 Å². The third kappa shape index (κ3) is 2.42. The molecule has 1 aromatic carbocycles. The molecule has 24 heavy (non-hydrogen) atoms. The molecule has 3 aromatic rings. The van der Waals surface area contributed by atoms with Crippen molar-refractivity contribution in [3.8, 4) is 0 Å². The highest BCUT2D eigenvalue weighted by Crippen LogP contribution is 2.40. The van der Waals surface area contributed by atoms with Crippen LogP contribution in [-0.4, -0.2) is 21.2 Å². The van der Waals surface area contributed by atoms with Gasteiger partial charge in [-0.1, -0.05) is 18.2 Å². The van der Waals surface area contributed by atoms with E-state index in [1.165, 1.54) is 0 Å². The number of nitrogens with zero attached hydrogens (tertiary/aromatic N) is 2. The SMILES string of the molecule is NC(=O)c1ccccc1NC(=O)c1nc(C2CC2)n2ccccc12. The van der Waals surface area contributed by atoms with Gasteiger partial charge >= 0.3 is 0 Å². The molecule has 0 aliphatic heterocycles. The molecule has 1 fully saturated rings. The van der Waals surface area contributed by atoms with Crippen molar-refractivity contribution >= 4 is 23.0 Å². The highest BCUT2D eigenvalue weighted by Gasteiger charge is 2.30. The maximum absolute atomic E-state index is 12.7. The van der Waals surface area contributed by atoms with E-state index in [-0.39, 0.29) is 11.5 Å². The average molecular weight is 320 g/mol. The van der Waals surface area contributed by atoms with Crippen LogP contribution < -0.4 is 11.1 Å². The molecule has 3 N–H and O–H groups in total. The van der Waals surface area contributed by atoms with E-state index in [0.717, 1.165) is 24.2 Å². The smallest absolute Gasteiger partial charge is 0.276 e. The Hall–Kier alpha value is -3.15. The van der Waals surface area contributed by atoms with Gasteiger partial charge in [0.1, 0.15) is 5.82 Å². The van der Waals surface area contributed by atoms with Crippen molar-refractivity contribution in [1.29, 1.82) is 0 Å². The summed E-state index contributed by atoms with van der Waals surface area (Å²) in [5.41, 5.74) is 7.14. The van der Waals surface area contributed by atoms with Gasteiger partial charge in [-0.05, 0) is 37.1 Å². The summed E-state index contributed by atoms with van der Waals surface area (Å²) in [6, 6.07) is 12.3. The van der Waals surface area contributed by atoms with Gasteiger partial charge in [-0.25, -0.2) is 4.98 Å². The summed E-state index contributed by atoms with van der Waals surface area (Å²) in [6.45, 7) is 0. The van der Waals surface area contributed by atoms with Crippen LogP contribution in [-0.2, 0) is 0 Å². The van der Waals surface area contributed by atoms with E-state index in [0.29, 0.717) is 17.3 Å². The fourth-order valence-electron chi connectivity index (χ4n) is 2.85. The molecule has 0 spiro atoms. The molecule has 0 bridgehead atoms. The van der Waals surface area contributed by atoms with E-state index in [1.807, 2.05) is 28.8 Å². The van der Waals surface area contributed by atoms with Gasteiger partial charge in [-0.3, -0.25) is 9.59 Å². The van der Waals surface area contributed by atoms with Gasteiger partial charge in [0.25, 0.3) is 11.8 Å². The number of anilines is 1.